The van der Waals surface area contributed by atoms with Gasteiger partial charge in [-0.1, -0.05) is 30.3 Å². The molecule has 1 saturated heterocycles. The fraction of sp³-hybridized carbons (Fsp3) is 0.435. The molecule has 1 aliphatic rings. The van der Waals surface area contributed by atoms with Gasteiger partial charge < -0.3 is 15.0 Å². The van der Waals surface area contributed by atoms with Crippen LogP contribution in [0.4, 0.5) is 5.69 Å². The zero-order valence-electron chi connectivity index (χ0n) is 18.2. The number of hydrogen-bond donors (Lipinski definition) is 1. The molecule has 0 radical (unpaired) electrons. The van der Waals surface area contributed by atoms with E-state index in [1.807, 2.05) is 24.3 Å². The predicted octanol–water partition coefficient (Wildman–Crippen LogP) is 2.42. The van der Waals surface area contributed by atoms with Gasteiger partial charge in [0.05, 0.1) is 5.75 Å². The van der Waals surface area contributed by atoms with E-state index >= 15 is 0 Å². The number of carbonyl (C=O) groups excluding carboxylic acids is 1. The van der Waals surface area contributed by atoms with Gasteiger partial charge in [-0.2, -0.15) is 4.31 Å². The van der Waals surface area contributed by atoms with Crippen LogP contribution in [0.3, 0.4) is 0 Å². The predicted molar refractivity (Wildman–Crippen MR) is 123 cm³/mol. The minimum atomic E-state index is -3.34. The average Bonchev–Trinajstić information content (AvgIpc) is 2.77. The van der Waals surface area contributed by atoms with Gasteiger partial charge in [0.25, 0.3) is 5.91 Å². The van der Waals surface area contributed by atoms with Gasteiger partial charge in [-0.15, -0.1) is 0 Å². The molecule has 2 aromatic rings. The van der Waals surface area contributed by atoms with E-state index < -0.39 is 16.1 Å². The van der Waals surface area contributed by atoms with Crippen molar-refractivity contribution in [3.8, 4) is 5.75 Å². The summed E-state index contributed by atoms with van der Waals surface area (Å²) >= 11 is 0. The Balaban J connectivity index is 1.39. The number of nitrogens with one attached hydrogen (secondary N) is 1. The number of amides is 1. The quantitative estimate of drug-likeness (QED) is 0.600. The maximum atomic E-state index is 12.7. The van der Waals surface area contributed by atoms with Gasteiger partial charge in [-0.3, -0.25) is 4.79 Å². The van der Waals surface area contributed by atoms with Gasteiger partial charge in [-0.25, -0.2) is 8.42 Å². The number of ether oxygens (including phenoxy) is 1. The average molecular weight is 446 g/mol. The number of aryl methyl sites for hydroxylation is 1. The van der Waals surface area contributed by atoms with Crippen LogP contribution in [0.2, 0.25) is 0 Å². The fourth-order valence-corrected chi connectivity index (χ4v) is 5.03. The molecule has 2 aromatic carbocycles. The van der Waals surface area contributed by atoms with Crippen LogP contribution < -0.4 is 15.0 Å². The third-order valence-corrected chi connectivity index (χ3v) is 7.26. The number of nitrogens with zero attached hydrogens (tertiary/aromatic N) is 2. The Morgan fingerprint density at radius 2 is 1.77 bits per heavy atom. The molecular formula is C23H31N3O4S. The van der Waals surface area contributed by atoms with E-state index in [2.05, 4.69) is 35.3 Å². The molecule has 168 valence electrons. The molecule has 7 nitrogen and oxygen atoms in total. The van der Waals surface area contributed by atoms with Crippen molar-refractivity contribution in [3.05, 3.63) is 60.2 Å². The second-order valence-electron chi connectivity index (χ2n) is 7.76. The highest BCUT2D eigenvalue weighted by atomic mass is 32.2. The van der Waals surface area contributed by atoms with Crippen LogP contribution in [0.5, 0.6) is 5.75 Å². The minimum absolute atomic E-state index is 0.0195. The summed E-state index contributed by atoms with van der Waals surface area (Å²) < 4.78 is 32.5. The topological polar surface area (TPSA) is 79.0 Å². The first-order valence-corrected chi connectivity index (χ1v) is 12.2. The molecule has 1 amide bonds. The van der Waals surface area contributed by atoms with Crippen molar-refractivity contribution < 1.29 is 17.9 Å². The van der Waals surface area contributed by atoms with Crippen LogP contribution in [0.15, 0.2) is 54.6 Å². The van der Waals surface area contributed by atoms with E-state index in [0.29, 0.717) is 44.9 Å². The molecule has 8 heteroatoms. The standard InChI is InChI=1S/C23H31N3O4S/c1-19-8-6-9-21(18-19)25-13-15-26(16-14-25)31(28,29)17-7-12-24-23(27)20(2)30-22-10-4-3-5-11-22/h3-6,8-11,18,20H,7,12-17H2,1-2H3,(H,24,27)/t20-/m0/s1. The van der Waals surface area contributed by atoms with E-state index in [1.54, 1.807) is 23.4 Å². The van der Waals surface area contributed by atoms with Gasteiger partial charge in [0, 0.05) is 38.4 Å². The van der Waals surface area contributed by atoms with Crippen LogP contribution in [0.1, 0.15) is 18.9 Å². The number of rotatable bonds is 9. The first-order valence-electron chi connectivity index (χ1n) is 10.6. The number of piperazine rings is 1. The summed E-state index contributed by atoms with van der Waals surface area (Å²) in [5.41, 5.74) is 2.32. The Morgan fingerprint density at radius 1 is 1.06 bits per heavy atom. The molecule has 1 heterocycles. The van der Waals surface area contributed by atoms with Crippen molar-refractivity contribution in [2.24, 2.45) is 0 Å². The highest BCUT2D eigenvalue weighted by Gasteiger charge is 2.26. The van der Waals surface area contributed by atoms with Gasteiger partial charge in [0.15, 0.2) is 6.10 Å². The normalized spacial score (nSPS) is 16.0. The van der Waals surface area contributed by atoms with E-state index in [-0.39, 0.29) is 11.7 Å². The SMILES string of the molecule is Cc1cccc(N2CCN(S(=O)(=O)CCCNC(=O)[C@H](C)Oc3ccccc3)CC2)c1. The summed E-state index contributed by atoms with van der Waals surface area (Å²) in [6.45, 7) is 6.32. The lowest BCUT2D eigenvalue weighted by molar-refractivity contribution is -0.127. The Bertz CT molecular complexity index is 958. The van der Waals surface area contributed by atoms with Crippen molar-refractivity contribution in [1.29, 1.82) is 0 Å². The van der Waals surface area contributed by atoms with Crippen LogP contribution in [-0.2, 0) is 14.8 Å². The highest BCUT2D eigenvalue weighted by Crippen LogP contribution is 2.19. The molecule has 3 rings (SSSR count). The summed E-state index contributed by atoms with van der Waals surface area (Å²) in [4.78, 5) is 14.4. The number of benzene rings is 2. The maximum absolute atomic E-state index is 12.7. The van der Waals surface area contributed by atoms with Gasteiger partial charge in [-0.05, 0) is 50.1 Å². The molecule has 0 bridgehead atoms. The summed E-state index contributed by atoms with van der Waals surface area (Å²) in [5, 5.41) is 2.76. The molecule has 0 aliphatic carbocycles. The summed E-state index contributed by atoms with van der Waals surface area (Å²) in [6, 6.07) is 17.4. The Morgan fingerprint density at radius 3 is 2.45 bits per heavy atom. The van der Waals surface area contributed by atoms with Gasteiger partial charge >= 0.3 is 0 Å². The molecule has 1 aliphatic heterocycles. The van der Waals surface area contributed by atoms with Crippen molar-refractivity contribution in [1.82, 2.24) is 9.62 Å². The third-order valence-electron chi connectivity index (χ3n) is 5.30. The number of anilines is 1. The molecule has 0 saturated carbocycles. The molecule has 31 heavy (non-hydrogen) atoms. The van der Waals surface area contributed by atoms with Crippen molar-refractivity contribution >= 4 is 21.6 Å². The zero-order chi connectivity index (χ0) is 22.3. The van der Waals surface area contributed by atoms with Crippen molar-refractivity contribution in [2.75, 3.05) is 43.4 Å². The van der Waals surface area contributed by atoms with E-state index in [9.17, 15) is 13.2 Å². The zero-order valence-corrected chi connectivity index (χ0v) is 19.0. The molecule has 0 spiro atoms. The van der Waals surface area contributed by atoms with Crippen LogP contribution >= 0.6 is 0 Å². The molecule has 1 atom stereocenters. The summed E-state index contributed by atoms with van der Waals surface area (Å²) in [6.07, 6.45) is -0.279. The largest absolute Gasteiger partial charge is 0.481 e. The van der Waals surface area contributed by atoms with Gasteiger partial charge in [0.1, 0.15) is 5.75 Å². The Hall–Kier alpha value is -2.58. The number of hydrogen-bond acceptors (Lipinski definition) is 5. The molecule has 0 unspecified atom stereocenters. The second-order valence-corrected chi connectivity index (χ2v) is 9.85. The highest BCUT2D eigenvalue weighted by molar-refractivity contribution is 7.89. The van der Waals surface area contributed by atoms with E-state index in [0.717, 1.165) is 5.69 Å². The van der Waals surface area contributed by atoms with Crippen LogP contribution in [0, 0.1) is 6.92 Å². The summed E-state index contributed by atoms with van der Waals surface area (Å²) in [5.74, 6) is 0.386. The number of carbonyl (C=O) groups is 1. The van der Waals surface area contributed by atoms with Crippen LogP contribution in [0.25, 0.3) is 0 Å². The first kappa shape index (κ1) is 23.1. The number of sulfonamides is 1. The first-order chi connectivity index (χ1) is 14.8. The van der Waals surface area contributed by atoms with Crippen LogP contribution in [-0.4, -0.2) is 63.2 Å². The minimum Gasteiger partial charge on any atom is -0.481 e. The lowest BCUT2D eigenvalue weighted by Gasteiger charge is -2.35. The van der Waals surface area contributed by atoms with Crippen molar-refractivity contribution in [3.63, 3.8) is 0 Å². The number of para-hydroxylation sites is 1. The molecular weight excluding hydrogens is 414 g/mol. The van der Waals surface area contributed by atoms with E-state index in [1.165, 1.54) is 5.56 Å². The molecule has 1 fully saturated rings. The fourth-order valence-electron chi connectivity index (χ4n) is 3.54. The lowest BCUT2D eigenvalue weighted by atomic mass is 10.2. The molecule has 0 aromatic heterocycles. The summed E-state index contributed by atoms with van der Waals surface area (Å²) in [7, 11) is -3.34. The molecule has 1 N–H and O–H groups in total. The lowest BCUT2D eigenvalue weighted by Crippen LogP contribution is -2.49. The third kappa shape index (κ3) is 6.70. The van der Waals surface area contributed by atoms with Crippen molar-refractivity contribution in [2.45, 2.75) is 26.4 Å². The van der Waals surface area contributed by atoms with Gasteiger partial charge in [0.2, 0.25) is 10.0 Å². The Labute approximate surface area is 185 Å². The Kier molecular flexibility index (Phi) is 7.92. The van der Waals surface area contributed by atoms with E-state index in [4.69, 9.17) is 4.74 Å². The smallest absolute Gasteiger partial charge is 0.260 e. The second kappa shape index (κ2) is 10.6. The maximum Gasteiger partial charge on any atom is 0.260 e. The monoisotopic (exact) mass is 445 g/mol.